The molecule has 5 nitrogen and oxygen atoms in total. The van der Waals surface area contributed by atoms with Crippen molar-refractivity contribution in [1.29, 1.82) is 0 Å². The Morgan fingerprint density at radius 3 is 2.50 bits per heavy atom. The van der Waals surface area contributed by atoms with E-state index in [0.29, 0.717) is 11.1 Å². The Morgan fingerprint density at radius 1 is 1.25 bits per heavy atom. The molecule has 6 heteroatoms. The number of aryl methyl sites for hydroxylation is 1. The lowest BCUT2D eigenvalue weighted by molar-refractivity contribution is -0.384. The van der Waals surface area contributed by atoms with Gasteiger partial charge in [-0.25, -0.2) is 9.18 Å². The summed E-state index contributed by atoms with van der Waals surface area (Å²) in [5, 5.41) is 19.9. The first kappa shape index (κ1) is 13.7. The molecule has 0 saturated carbocycles. The van der Waals surface area contributed by atoms with Crippen molar-refractivity contribution in [2.45, 2.75) is 6.92 Å². The zero-order valence-corrected chi connectivity index (χ0v) is 10.5. The van der Waals surface area contributed by atoms with Gasteiger partial charge in [-0.05, 0) is 42.3 Å². The molecule has 0 saturated heterocycles. The molecule has 0 heterocycles. The smallest absolute Gasteiger partial charge is 0.335 e. The first-order valence-electron chi connectivity index (χ1n) is 5.68. The van der Waals surface area contributed by atoms with Crippen molar-refractivity contribution in [3.05, 3.63) is 63.5 Å². The van der Waals surface area contributed by atoms with Crippen LogP contribution in [0.1, 0.15) is 15.9 Å². The number of carboxylic acids is 1. The van der Waals surface area contributed by atoms with Crippen LogP contribution in [0.2, 0.25) is 0 Å². The monoisotopic (exact) mass is 275 g/mol. The predicted octanol–water partition coefficient (Wildman–Crippen LogP) is 3.41. The number of hydrogen-bond donors (Lipinski definition) is 1. The fraction of sp³-hybridized carbons (Fsp3) is 0.0714. The minimum atomic E-state index is -1.25. The summed E-state index contributed by atoms with van der Waals surface area (Å²) in [6.45, 7) is 1.67. The zero-order valence-electron chi connectivity index (χ0n) is 10.5. The topological polar surface area (TPSA) is 80.4 Å². The van der Waals surface area contributed by atoms with Gasteiger partial charge in [0, 0.05) is 6.07 Å². The number of nitrogens with zero attached hydrogens (tertiary/aromatic N) is 1. The van der Waals surface area contributed by atoms with Crippen molar-refractivity contribution in [1.82, 2.24) is 0 Å². The van der Waals surface area contributed by atoms with E-state index in [1.54, 1.807) is 13.0 Å². The van der Waals surface area contributed by atoms with Gasteiger partial charge in [0.05, 0.1) is 16.1 Å². The van der Waals surface area contributed by atoms with Gasteiger partial charge in [0.25, 0.3) is 5.69 Å². The maximum atomic E-state index is 13.4. The van der Waals surface area contributed by atoms with Gasteiger partial charge in [0.1, 0.15) is 5.82 Å². The molecule has 0 aromatic heterocycles. The number of halogens is 1. The number of nitro groups is 1. The quantitative estimate of drug-likeness (QED) is 0.687. The molecule has 0 aliphatic rings. The molecule has 1 N–H and O–H groups in total. The lowest BCUT2D eigenvalue weighted by Crippen LogP contribution is -2.00. The lowest BCUT2D eigenvalue weighted by Gasteiger charge is -2.06. The summed E-state index contributed by atoms with van der Waals surface area (Å²) in [5.41, 5.74) is 0.592. The fourth-order valence-electron chi connectivity index (χ4n) is 1.95. The third-order valence-corrected chi connectivity index (χ3v) is 2.79. The maximum absolute atomic E-state index is 13.4. The summed E-state index contributed by atoms with van der Waals surface area (Å²) >= 11 is 0. The van der Waals surface area contributed by atoms with Gasteiger partial charge in [0.15, 0.2) is 0 Å². The highest BCUT2D eigenvalue weighted by atomic mass is 19.1. The van der Waals surface area contributed by atoms with E-state index in [0.717, 1.165) is 6.07 Å². The molecule has 102 valence electrons. The van der Waals surface area contributed by atoms with Crippen LogP contribution in [0.3, 0.4) is 0 Å². The highest BCUT2D eigenvalue weighted by molar-refractivity contribution is 5.90. The Kier molecular flexibility index (Phi) is 3.47. The molecule has 0 bridgehead atoms. The van der Waals surface area contributed by atoms with Gasteiger partial charge in [-0.15, -0.1) is 0 Å². The largest absolute Gasteiger partial charge is 0.478 e. The van der Waals surface area contributed by atoms with Gasteiger partial charge in [0.2, 0.25) is 0 Å². The van der Waals surface area contributed by atoms with Crippen LogP contribution >= 0.6 is 0 Å². The SMILES string of the molecule is Cc1cc(F)cc(-c2ccc(C(=O)O)cc2[N+](=O)[O-])c1. The predicted molar refractivity (Wildman–Crippen MR) is 70.2 cm³/mol. The van der Waals surface area contributed by atoms with E-state index in [1.165, 1.54) is 24.3 Å². The number of benzene rings is 2. The van der Waals surface area contributed by atoms with Crippen LogP contribution in [0.25, 0.3) is 11.1 Å². The number of hydrogen-bond acceptors (Lipinski definition) is 3. The highest BCUT2D eigenvalue weighted by Gasteiger charge is 2.19. The van der Waals surface area contributed by atoms with Crippen LogP contribution < -0.4 is 0 Å². The van der Waals surface area contributed by atoms with Crippen LogP contribution in [0, 0.1) is 22.9 Å². The average molecular weight is 275 g/mol. The first-order valence-corrected chi connectivity index (χ1v) is 5.68. The second kappa shape index (κ2) is 5.08. The molecule has 0 aliphatic heterocycles. The number of carboxylic acid groups (broad SMARTS) is 1. The van der Waals surface area contributed by atoms with Gasteiger partial charge >= 0.3 is 5.97 Å². The van der Waals surface area contributed by atoms with Gasteiger partial charge in [-0.1, -0.05) is 6.07 Å². The Labute approximate surface area is 113 Å². The summed E-state index contributed by atoms with van der Waals surface area (Å²) in [6, 6.07) is 7.63. The number of aromatic carboxylic acids is 1. The summed E-state index contributed by atoms with van der Waals surface area (Å²) in [5.74, 6) is -1.76. The lowest BCUT2D eigenvalue weighted by atomic mass is 10.00. The first-order chi connectivity index (χ1) is 9.38. The van der Waals surface area contributed by atoms with E-state index >= 15 is 0 Å². The van der Waals surface area contributed by atoms with Crippen molar-refractivity contribution in [2.24, 2.45) is 0 Å². The van der Waals surface area contributed by atoms with Crippen molar-refractivity contribution in [2.75, 3.05) is 0 Å². The molecule has 0 fully saturated rings. The molecular weight excluding hydrogens is 265 g/mol. The highest BCUT2D eigenvalue weighted by Crippen LogP contribution is 2.31. The van der Waals surface area contributed by atoms with Gasteiger partial charge in [-0.3, -0.25) is 10.1 Å². The van der Waals surface area contributed by atoms with Crippen LogP contribution in [-0.2, 0) is 0 Å². The molecule has 0 atom stereocenters. The Balaban J connectivity index is 2.67. The van der Waals surface area contributed by atoms with Crippen LogP contribution in [0.5, 0.6) is 0 Å². The van der Waals surface area contributed by atoms with Crippen LogP contribution in [0.4, 0.5) is 10.1 Å². The summed E-state index contributed by atoms with van der Waals surface area (Å²) in [6.07, 6.45) is 0. The Hall–Kier alpha value is -2.76. The second-order valence-corrected chi connectivity index (χ2v) is 4.31. The number of nitro benzene ring substituents is 1. The summed E-state index contributed by atoms with van der Waals surface area (Å²) in [4.78, 5) is 21.2. The Morgan fingerprint density at radius 2 is 1.95 bits per heavy atom. The molecule has 0 aliphatic carbocycles. The summed E-state index contributed by atoms with van der Waals surface area (Å²) in [7, 11) is 0. The molecule has 0 unspecified atom stereocenters. The average Bonchev–Trinajstić information content (AvgIpc) is 2.36. The van der Waals surface area contributed by atoms with Crippen LogP contribution in [-0.4, -0.2) is 16.0 Å². The normalized spacial score (nSPS) is 10.3. The summed E-state index contributed by atoms with van der Waals surface area (Å²) < 4.78 is 13.4. The minimum absolute atomic E-state index is 0.183. The molecule has 2 aromatic rings. The maximum Gasteiger partial charge on any atom is 0.335 e. The van der Waals surface area contributed by atoms with E-state index in [4.69, 9.17) is 5.11 Å². The minimum Gasteiger partial charge on any atom is -0.478 e. The zero-order chi connectivity index (χ0) is 14.9. The molecule has 0 radical (unpaired) electrons. The van der Waals surface area contributed by atoms with Crippen molar-refractivity contribution in [3.63, 3.8) is 0 Å². The van der Waals surface area contributed by atoms with Gasteiger partial charge in [-0.2, -0.15) is 0 Å². The van der Waals surface area contributed by atoms with Crippen molar-refractivity contribution < 1.29 is 19.2 Å². The van der Waals surface area contributed by atoms with Gasteiger partial charge < -0.3 is 5.11 Å². The molecule has 0 spiro atoms. The van der Waals surface area contributed by atoms with E-state index in [2.05, 4.69) is 0 Å². The fourth-order valence-corrected chi connectivity index (χ4v) is 1.95. The molecular formula is C14H10FNO4. The number of carbonyl (C=O) groups is 1. The molecule has 20 heavy (non-hydrogen) atoms. The van der Waals surface area contributed by atoms with E-state index in [1.807, 2.05) is 0 Å². The van der Waals surface area contributed by atoms with Crippen molar-refractivity contribution >= 4 is 11.7 Å². The number of rotatable bonds is 3. The molecule has 2 rings (SSSR count). The van der Waals surface area contributed by atoms with Crippen molar-refractivity contribution in [3.8, 4) is 11.1 Å². The third-order valence-electron chi connectivity index (χ3n) is 2.79. The Bertz CT molecular complexity index is 692. The van der Waals surface area contributed by atoms with E-state index in [9.17, 15) is 19.3 Å². The van der Waals surface area contributed by atoms with E-state index in [-0.39, 0.29) is 16.8 Å². The standard InChI is InChI=1S/C14H10FNO4/c1-8-4-10(6-11(15)5-8)12-3-2-9(14(17)18)7-13(12)16(19)20/h2-7H,1H3,(H,17,18). The van der Waals surface area contributed by atoms with Crippen LogP contribution in [0.15, 0.2) is 36.4 Å². The van der Waals surface area contributed by atoms with E-state index < -0.39 is 16.7 Å². The molecule has 0 amide bonds. The second-order valence-electron chi connectivity index (χ2n) is 4.31. The molecule has 2 aromatic carbocycles. The third kappa shape index (κ3) is 2.64.